The number of carboxylic acids is 1. The van der Waals surface area contributed by atoms with E-state index in [1.807, 2.05) is 0 Å². The third kappa shape index (κ3) is 32.6. The van der Waals surface area contributed by atoms with Crippen LogP contribution in [0.4, 0.5) is 0 Å². The lowest BCUT2D eigenvalue weighted by atomic mass is 10.0. The van der Waals surface area contributed by atoms with Crippen LogP contribution in [0.2, 0.25) is 0 Å². The second kappa shape index (κ2) is 25.9. The van der Waals surface area contributed by atoms with Gasteiger partial charge in [-0.1, -0.05) is 104 Å². The van der Waals surface area contributed by atoms with Crippen molar-refractivity contribution >= 4 is 11.9 Å². The van der Waals surface area contributed by atoms with E-state index < -0.39 is 5.97 Å². The van der Waals surface area contributed by atoms with Crippen LogP contribution >= 0.6 is 0 Å². The number of nitrogens with one attached hydrogen (secondary N) is 2. The number of hydrazine groups is 1. The van der Waals surface area contributed by atoms with E-state index in [0.29, 0.717) is 6.42 Å². The quantitative estimate of drug-likeness (QED) is 0.174. The Labute approximate surface area is 174 Å². The summed E-state index contributed by atoms with van der Waals surface area (Å²) in [5.74, 6) is -0.696. The van der Waals surface area contributed by atoms with Gasteiger partial charge in [0.25, 0.3) is 5.97 Å². The number of rotatable bonds is 19. The molecule has 28 heavy (non-hydrogen) atoms. The molecule has 0 aliphatic heterocycles. The number of carboxylic acid groups (broad SMARTS) is 1. The van der Waals surface area contributed by atoms with E-state index in [0.717, 1.165) is 26.3 Å². The zero-order chi connectivity index (χ0) is 21.3. The highest BCUT2D eigenvalue weighted by Gasteiger charge is 1.99. The lowest BCUT2D eigenvalue weighted by Crippen LogP contribution is -2.37. The molecule has 5 heteroatoms. The molecule has 0 saturated carbocycles. The Morgan fingerprint density at radius 1 is 0.643 bits per heavy atom. The third-order valence-corrected chi connectivity index (χ3v) is 4.61. The zero-order valence-corrected chi connectivity index (χ0v) is 19.0. The predicted octanol–water partition coefficient (Wildman–Crippen LogP) is 6.37. The maximum absolute atomic E-state index is 11.5. The number of carbonyl (C=O) groups excluding carboxylic acids is 1. The summed E-state index contributed by atoms with van der Waals surface area (Å²) in [5.41, 5.74) is 5.68. The van der Waals surface area contributed by atoms with Gasteiger partial charge in [-0.05, 0) is 12.8 Å². The highest BCUT2D eigenvalue weighted by molar-refractivity contribution is 5.75. The van der Waals surface area contributed by atoms with E-state index in [1.54, 1.807) is 0 Å². The SMILES string of the molecule is CC(=O)O.CCCCCCCCCCCCCCCCCC(=O)NNCCC. The van der Waals surface area contributed by atoms with E-state index in [-0.39, 0.29) is 5.91 Å². The van der Waals surface area contributed by atoms with Gasteiger partial charge in [0.15, 0.2) is 0 Å². The van der Waals surface area contributed by atoms with Gasteiger partial charge in [0.05, 0.1) is 0 Å². The first kappa shape index (κ1) is 29.1. The maximum Gasteiger partial charge on any atom is 0.300 e. The van der Waals surface area contributed by atoms with Crippen LogP contribution in [0.15, 0.2) is 0 Å². The second-order valence-electron chi connectivity index (χ2n) is 7.69. The monoisotopic (exact) mass is 400 g/mol. The third-order valence-electron chi connectivity index (χ3n) is 4.61. The fourth-order valence-corrected chi connectivity index (χ4v) is 3.01. The largest absolute Gasteiger partial charge is 0.481 e. The van der Waals surface area contributed by atoms with Gasteiger partial charge in [0.1, 0.15) is 0 Å². The van der Waals surface area contributed by atoms with Crippen molar-refractivity contribution in [1.29, 1.82) is 0 Å². The Morgan fingerprint density at radius 3 is 1.36 bits per heavy atom. The molecule has 0 atom stereocenters. The number of carbonyl (C=O) groups is 2. The summed E-state index contributed by atoms with van der Waals surface area (Å²) in [6.45, 7) is 6.31. The molecule has 0 unspecified atom stereocenters. The molecule has 0 radical (unpaired) electrons. The van der Waals surface area contributed by atoms with Crippen molar-refractivity contribution in [3.63, 3.8) is 0 Å². The van der Waals surface area contributed by atoms with Crippen LogP contribution in [-0.2, 0) is 9.59 Å². The normalized spacial score (nSPS) is 10.2. The summed E-state index contributed by atoms with van der Waals surface area (Å²) in [6, 6.07) is 0. The van der Waals surface area contributed by atoms with Crippen LogP contribution in [0.1, 0.15) is 130 Å². The Hall–Kier alpha value is -1.10. The van der Waals surface area contributed by atoms with E-state index in [2.05, 4.69) is 24.7 Å². The fraction of sp³-hybridized carbons (Fsp3) is 0.913. The van der Waals surface area contributed by atoms with Crippen molar-refractivity contribution in [3.05, 3.63) is 0 Å². The second-order valence-corrected chi connectivity index (χ2v) is 7.69. The molecule has 1 amide bonds. The number of amides is 1. The van der Waals surface area contributed by atoms with Crippen LogP contribution < -0.4 is 10.9 Å². The minimum absolute atomic E-state index is 0.137. The molecule has 5 nitrogen and oxygen atoms in total. The highest BCUT2D eigenvalue weighted by atomic mass is 16.4. The summed E-state index contributed by atoms with van der Waals surface area (Å²) in [4.78, 5) is 20.5. The van der Waals surface area contributed by atoms with Crippen molar-refractivity contribution in [1.82, 2.24) is 10.9 Å². The lowest BCUT2D eigenvalue weighted by Gasteiger charge is -2.06. The Bertz CT molecular complexity index is 332. The number of unbranched alkanes of at least 4 members (excludes halogenated alkanes) is 14. The molecular formula is C23H48N2O3. The summed E-state index contributed by atoms with van der Waals surface area (Å²) in [5, 5.41) is 7.42. The average Bonchev–Trinajstić information content (AvgIpc) is 2.64. The molecule has 3 N–H and O–H groups in total. The molecule has 0 aromatic heterocycles. The fourth-order valence-electron chi connectivity index (χ4n) is 3.01. The summed E-state index contributed by atoms with van der Waals surface area (Å²) in [7, 11) is 0. The van der Waals surface area contributed by atoms with Gasteiger partial charge in [-0.25, -0.2) is 5.43 Å². The first-order valence-corrected chi connectivity index (χ1v) is 11.8. The van der Waals surface area contributed by atoms with Gasteiger partial charge in [0, 0.05) is 19.9 Å². The molecule has 0 aromatic rings. The van der Waals surface area contributed by atoms with Gasteiger partial charge in [-0.2, -0.15) is 0 Å². The van der Waals surface area contributed by atoms with Crippen molar-refractivity contribution in [2.75, 3.05) is 6.54 Å². The average molecular weight is 401 g/mol. The molecule has 0 heterocycles. The number of hydrogen-bond acceptors (Lipinski definition) is 3. The van der Waals surface area contributed by atoms with E-state index >= 15 is 0 Å². The molecule has 0 saturated heterocycles. The maximum atomic E-state index is 11.5. The smallest absolute Gasteiger partial charge is 0.300 e. The van der Waals surface area contributed by atoms with Crippen molar-refractivity contribution in [2.24, 2.45) is 0 Å². The van der Waals surface area contributed by atoms with Crippen molar-refractivity contribution in [2.45, 2.75) is 130 Å². The topological polar surface area (TPSA) is 78.4 Å². The Kier molecular flexibility index (Phi) is 26.9. The first-order chi connectivity index (χ1) is 13.5. The first-order valence-electron chi connectivity index (χ1n) is 11.8. The van der Waals surface area contributed by atoms with Crippen LogP contribution in [0.3, 0.4) is 0 Å². The number of aliphatic carboxylic acids is 1. The van der Waals surface area contributed by atoms with Gasteiger partial charge >= 0.3 is 0 Å². The molecule has 0 aromatic carbocycles. The van der Waals surface area contributed by atoms with Gasteiger partial charge in [-0.15, -0.1) is 0 Å². The van der Waals surface area contributed by atoms with E-state index in [9.17, 15) is 4.79 Å². The minimum atomic E-state index is -0.833. The molecule has 0 aliphatic rings. The van der Waals surface area contributed by atoms with Gasteiger partial charge < -0.3 is 5.11 Å². The number of hydrogen-bond donors (Lipinski definition) is 3. The van der Waals surface area contributed by atoms with Gasteiger partial charge in [-0.3, -0.25) is 15.0 Å². The summed E-state index contributed by atoms with van der Waals surface area (Å²) in [6.07, 6.45) is 22.1. The van der Waals surface area contributed by atoms with Crippen LogP contribution in [-0.4, -0.2) is 23.5 Å². The summed E-state index contributed by atoms with van der Waals surface area (Å²) < 4.78 is 0. The van der Waals surface area contributed by atoms with Crippen molar-refractivity contribution < 1.29 is 14.7 Å². The highest BCUT2D eigenvalue weighted by Crippen LogP contribution is 2.13. The van der Waals surface area contributed by atoms with Crippen LogP contribution in [0.25, 0.3) is 0 Å². The Balaban J connectivity index is 0. The molecule has 0 fully saturated rings. The zero-order valence-electron chi connectivity index (χ0n) is 19.0. The minimum Gasteiger partial charge on any atom is -0.481 e. The molecule has 168 valence electrons. The van der Waals surface area contributed by atoms with Crippen molar-refractivity contribution in [3.8, 4) is 0 Å². The summed E-state index contributed by atoms with van der Waals surface area (Å²) >= 11 is 0. The standard InChI is InChI=1S/C21H44N2O.C2H4O2/c1-3-5-6-7-8-9-10-11-12-13-14-15-16-17-18-19-21(24)23-22-20-4-2;1-2(3)4/h22H,3-20H2,1-2H3,(H,23,24);1H3,(H,3,4). The Morgan fingerprint density at radius 2 is 1.00 bits per heavy atom. The van der Waals surface area contributed by atoms with Crippen LogP contribution in [0, 0.1) is 0 Å². The molecule has 0 aliphatic carbocycles. The predicted molar refractivity (Wildman–Crippen MR) is 119 cm³/mol. The van der Waals surface area contributed by atoms with Gasteiger partial charge in [0.2, 0.25) is 5.91 Å². The van der Waals surface area contributed by atoms with Crippen LogP contribution in [0.5, 0.6) is 0 Å². The molecular weight excluding hydrogens is 352 g/mol. The molecule has 0 spiro atoms. The molecule has 0 rings (SSSR count). The molecule has 0 bridgehead atoms. The lowest BCUT2D eigenvalue weighted by molar-refractivity contribution is -0.134. The van der Waals surface area contributed by atoms with E-state index in [1.165, 1.54) is 89.9 Å². The van der Waals surface area contributed by atoms with E-state index in [4.69, 9.17) is 9.90 Å².